The van der Waals surface area contributed by atoms with Gasteiger partial charge in [-0.25, -0.2) is 0 Å². The lowest BCUT2D eigenvalue weighted by Gasteiger charge is -2.25. The molecule has 0 amide bonds. The number of rotatable bonds is 56. The van der Waals surface area contributed by atoms with Gasteiger partial charge in [-0.05, 0) is 65.3 Å². The molecule has 0 N–H and O–H groups in total. The summed E-state index contributed by atoms with van der Waals surface area (Å²) in [6.07, 6.45) is 44.6. The molecule has 0 saturated heterocycles. The Kier molecular flexibility index (Phi) is 52.8. The van der Waals surface area contributed by atoms with Gasteiger partial charge in [0.05, 0.1) is 52.6 Å². The minimum Gasteiger partial charge on any atom is -0.469 e. The quantitative estimate of drug-likeness (QED) is 0.0329. The Bertz CT molecular complexity index is 1110. The van der Waals surface area contributed by atoms with E-state index in [2.05, 4.69) is 42.5 Å². The number of hydrogen-bond donors (Lipinski definition) is 0. The number of methoxy groups -OCH3 is 1. The van der Waals surface area contributed by atoms with Crippen LogP contribution in [-0.4, -0.2) is 125 Å². The van der Waals surface area contributed by atoms with E-state index in [1.54, 1.807) is 0 Å². The van der Waals surface area contributed by atoms with Gasteiger partial charge in [0, 0.05) is 26.2 Å². The largest absolute Gasteiger partial charge is 0.469 e. The first-order valence-electron chi connectivity index (χ1n) is 29.9. The van der Waals surface area contributed by atoms with Gasteiger partial charge in [0.1, 0.15) is 0 Å². The minimum absolute atomic E-state index is 0.164. The van der Waals surface area contributed by atoms with Gasteiger partial charge in [-0.2, -0.15) is 0 Å². The maximum absolute atomic E-state index is 12.8. The first-order chi connectivity index (χ1) is 34.2. The van der Waals surface area contributed by atoms with Crippen molar-refractivity contribution < 1.29 is 38.1 Å². The van der Waals surface area contributed by atoms with Crippen molar-refractivity contribution in [3.05, 3.63) is 0 Å². The van der Waals surface area contributed by atoms with E-state index < -0.39 is 0 Å². The third-order valence-electron chi connectivity index (χ3n) is 13.8. The van der Waals surface area contributed by atoms with Crippen LogP contribution in [0.2, 0.25) is 0 Å². The highest BCUT2D eigenvalue weighted by Crippen LogP contribution is 2.15. The molecule has 0 spiro atoms. The van der Waals surface area contributed by atoms with E-state index in [1.165, 1.54) is 180 Å². The molecule has 0 aliphatic heterocycles. The predicted molar refractivity (Wildman–Crippen MR) is 292 cm³/mol. The van der Waals surface area contributed by atoms with Crippen molar-refractivity contribution in [3.63, 3.8) is 0 Å². The SMILES string of the molecule is CCCCCCCCCCCCCOC(=O)CCN(CCCN(C)CCCN(CCC(=O)OCCCCCCCCCCCCC)CCC(=O)OCCCCCCCCCCCCC)CCC(=O)OC. The summed E-state index contributed by atoms with van der Waals surface area (Å²) in [5.74, 6) is -0.752. The summed E-state index contributed by atoms with van der Waals surface area (Å²) in [5.41, 5.74) is 0. The van der Waals surface area contributed by atoms with Gasteiger partial charge >= 0.3 is 23.9 Å². The number of unbranched alkanes of at least 4 members (excludes halogenated alkanes) is 30. The van der Waals surface area contributed by atoms with Gasteiger partial charge in [0.15, 0.2) is 0 Å². The average molecular weight is 995 g/mol. The van der Waals surface area contributed by atoms with Crippen molar-refractivity contribution in [1.29, 1.82) is 0 Å². The molecule has 11 heteroatoms. The lowest BCUT2D eigenvalue weighted by Crippen LogP contribution is -2.34. The third-order valence-corrected chi connectivity index (χ3v) is 13.8. The number of esters is 4. The minimum atomic E-state index is -0.249. The highest BCUT2D eigenvalue weighted by Gasteiger charge is 2.15. The highest BCUT2D eigenvalue weighted by atomic mass is 16.5. The summed E-state index contributed by atoms with van der Waals surface area (Å²) < 4.78 is 21.7. The van der Waals surface area contributed by atoms with Crippen molar-refractivity contribution in [1.82, 2.24) is 14.7 Å². The van der Waals surface area contributed by atoms with Crippen molar-refractivity contribution in [3.8, 4) is 0 Å². The molecule has 70 heavy (non-hydrogen) atoms. The van der Waals surface area contributed by atoms with Gasteiger partial charge in [-0.15, -0.1) is 0 Å². The van der Waals surface area contributed by atoms with E-state index in [4.69, 9.17) is 18.9 Å². The molecule has 0 saturated carbocycles. The molecule has 0 aromatic rings. The average Bonchev–Trinajstić information content (AvgIpc) is 3.36. The molecule has 414 valence electrons. The molecule has 0 radical (unpaired) electrons. The van der Waals surface area contributed by atoms with Crippen molar-refractivity contribution in [2.75, 3.05) is 86.3 Å². The molecule has 0 unspecified atom stereocenters. The molecular formula is C59H115N3O8. The number of carbonyl (C=O) groups excluding carboxylic acids is 4. The monoisotopic (exact) mass is 994 g/mol. The number of hydrogen-bond acceptors (Lipinski definition) is 11. The van der Waals surface area contributed by atoms with E-state index >= 15 is 0 Å². The molecule has 0 aliphatic rings. The van der Waals surface area contributed by atoms with Crippen LogP contribution in [0.25, 0.3) is 0 Å². The Hall–Kier alpha value is -2.24. The van der Waals surface area contributed by atoms with E-state index in [9.17, 15) is 19.2 Å². The van der Waals surface area contributed by atoms with Crippen LogP contribution in [0.5, 0.6) is 0 Å². The fourth-order valence-electron chi connectivity index (χ4n) is 9.08. The molecular weight excluding hydrogens is 879 g/mol. The molecule has 0 rings (SSSR count). The van der Waals surface area contributed by atoms with Crippen LogP contribution in [0.15, 0.2) is 0 Å². The molecule has 0 fully saturated rings. The summed E-state index contributed by atoms with van der Waals surface area (Å²) in [7, 11) is 3.53. The molecule has 0 heterocycles. The van der Waals surface area contributed by atoms with Crippen LogP contribution in [-0.2, 0) is 38.1 Å². The summed E-state index contributed by atoms with van der Waals surface area (Å²) in [6.45, 7) is 13.7. The van der Waals surface area contributed by atoms with Crippen molar-refractivity contribution >= 4 is 23.9 Å². The Morgan fingerprint density at radius 2 is 0.514 bits per heavy atom. The summed E-state index contributed by atoms with van der Waals surface area (Å²) in [5, 5.41) is 0. The zero-order valence-corrected chi connectivity index (χ0v) is 47.0. The lowest BCUT2D eigenvalue weighted by molar-refractivity contribution is -0.145. The first kappa shape index (κ1) is 67.8. The maximum atomic E-state index is 12.8. The molecule has 0 aromatic heterocycles. The molecule has 0 atom stereocenters. The van der Waals surface area contributed by atoms with Gasteiger partial charge in [0.25, 0.3) is 0 Å². The predicted octanol–water partition coefficient (Wildman–Crippen LogP) is 14.6. The zero-order valence-electron chi connectivity index (χ0n) is 47.0. The summed E-state index contributed by atoms with van der Waals surface area (Å²) in [6, 6.07) is 0. The Morgan fingerprint density at radius 1 is 0.286 bits per heavy atom. The van der Waals surface area contributed by atoms with Gasteiger partial charge < -0.3 is 33.6 Å². The van der Waals surface area contributed by atoms with Crippen LogP contribution in [0.1, 0.15) is 271 Å². The van der Waals surface area contributed by atoms with Crippen LogP contribution in [0, 0.1) is 0 Å². The molecule has 11 nitrogen and oxygen atoms in total. The first-order valence-corrected chi connectivity index (χ1v) is 29.9. The Morgan fingerprint density at radius 3 is 0.757 bits per heavy atom. The van der Waals surface area contributed by atoms with Crippen LogP contribution in [0.4, 0.5) is 0 Å². The Balaban J connectivity index is 4.73. The topological polar surface area (TPSA) is 115 Å². The third kappa shape index (κ3) is 50.7. The maximum Gasteiger partial charge on any atom is 0.307 e. The number of carbonyl (C=O) groups is 4. The smallest absolute Gasteiger partial charge is 0.307 e. The van der Waals surface area contributed by atoms with Crippen LogP contribution >= 0.6 is 0 Å². The van der Waals surface area contributed by atoms with Gasteiger partial charge in [-0.3, -0.25) is 19.2 Å². The number of ether oxygens (including phenoxy) is 4. The molecule has 0 aliphatic carbocycles. The van der Waals surface area contributed by atoms with Crippen molar-refractivity contribution in [2.45, 2.75) is 271 Å². The Labute approximate surface area is 432 Å². The second kappa shape index (κ2) is 54.5. The fourth-order valence-corrected chi connectivity index (χ4v) is 9.08. The highest BCUT2D eigenvalue weighted by molar-refractivity contribution is 5.70. The normalized spacial score (nSPS) is 11.5. The van der Waals surface area contributed by atoms with E-state index in [0.717, 1.165) is 77.5 Å². The van der Waals surface area contributed by atoms with Crippen LogP contribution in [0.3, 0.4) is 0 Å². The lowest BCUT2D eigenvalue weighted by atomic mass is 10.1. The van der Waals surface area contributed by atoms with E-state index in [0.29, 0.717) is 65.3 Å². The van der Waals surface area contributed by atoms with Crippen molar-refractivity contribution in [2.24, 2.45) is 0 Å². The standard InChI is InChI=1S/C59H115N3O8/c1-6-9-12-15-18-21-24-27-30-33-36-53-68-57(64)42-50-61(49-41-56(63)67-5)47-39-45-60(4)46-40-48-62(51-43-58(65)69-54-37-34-31-28-25-22-19-16-13-10-7-2)52-44-59(66)70-55-38-35-32-29-26-23-20-17-14-11-8-3/h6-55H2,1-5H3. The van der Waals surface area contributed by atoms with Crippen LogP contribution < -0.4 is 0 Å². The summed E-state index contributed by atoms with van der Waals surface area (Å²) >= 11 is 0. The van der Waals surface area contributed by atoms with E-state index in [-0.39, 0.29) is 30.3 Å². The molecule has 0 bridgehead atoms. The number of nitrogens with zero attached hydrogens (tertiary/aromatic N) is 3. The fraction of sp³-hybridized carbons (Fsp3) is 0.932. The second-order valence-corrected chi connectivity index (χ2v) is 20.5. The zero-order chi connectivity index (χ0) is 51.2. The summed E-state index contributed by atoms with van der Waals surface area (Å²) in [4.78, 5) is 56.8. The van der Waals surface area contributed by atoms with Gasteiger partial charge in [-0.1, -0.05) is 213 Å². The second-order valence-electron chi connectivity index (χ2n) is 20.5. The molecule has 0 aromatic carbocycles. The van der Waals surface area contributed by atoms with Gasteiger partial charge in [0.2, 0.25) is 0 Å². The van der Waals surface area contributed by atoms with E-state index in [1.807, 2.05) is 0 Å².